The van der Waals surface area contributed by atoms with Crippen LogP contribution >= 0.6 is 0 Å². The molecular formula is C28H31N3O4. The van der Waals surface area contributed by atoms with Crippen LogP contribution in [0, 0.1) is 17.2 Å². The predicted octanol–water partition coefficient (Wildman–Crippen LogP) is 3.49. The van der Waals surface area contributed by atoms with E-state index in [1.54, 1.807) is 30.3 Å². The van der Waals surface area contributed by atoms with Crippen molar-refractivity contribution in [2.24, 2.45) is 5.92 Å². The van der Waals surface area contributed by atoms with Gasteiger partial charge in [0.2, 0.25) is 11.8 Å². The van der Waals surface area contributed by atoms with Crippen molar-refractivity contribution in [1.29, 1.82) is 5.26 Å². The maximum Gasteiger partial charge on any atom is 0.306 e. The van der Waals surface area contributed by atoms with Gasteiger partial charge in [0.05, 0.1) is 31.1 Å². The third kappa shape index (κ3) is 7.82. The van der Waals surface area contributed by atoms with E-state index in [0.29, 0.717) is 31.5 Å². The Morgan fingerprint density at radius 3 is 2.60 bits per heavy atom. The Balaban J connectivity index is 1.52. The van der Waals surface area contributed by atoms with Crippen molar-refractivity contribution in [1.82, 2.24) is 10.2 Å². The van der Waals surface area contributed by atoms with Crippen molar-refractivity contribution >= 4 is 23.9 Å². The number of nitriles is 1. The first kappa shape index (κ1) is 25.7. The molecule has 0 spiro atoms. The Bertz CT molecular complexity index is 1070. The number of methoxy groups -OCH3 is 1. The number of rotatable bonds is 11. The fourth-order valence-corrected chi connectivity index (χ4v) is 4.35. The van der Waals surface area contributed by atoms with Gasteiger partial charge >= 0.3 is 5.97 Å². The summed E-state index contributed by atoms with van der Waals surface area (Å²) >= 11 is 0. The van der Waals surface area contributed by atoms with Crippen LogP contribution in [0.3, 0.4) is 0 Å². The average Bonchev–Trinajstić information content (AvgIpc) is 3.17. The number of hydrogen-bond donors (Lipinski definition) is 1. The van der Waals surface area contributed by atoms with E-state index < -0.39 is 0 Å². The maximum atomic E-state index is 13.0. The van der Waals surface area contributed by atoms with Crippen LogP contribution in [-0.2, 0) is 25.5 Å². The van der Waals surface area contributed by atoms with Gasteiger partial charge in [-0.05, 0) is 55.0 Å². The van der Waals surface area contributed by atoms with Crippen LogP contribution in [0.15, 0.2) is 60.7 Å². The van der Waals surface area contributed by atoms with E-state index in [2.05, 4.69) is 23.5 Å². The van der Waals surface area contributed by atoms with Gasteiger partial charge in [-0.1, -0.05) is 42.5 Å². The second-order valence-corrected chi connectivity index (χ2v) is 8.63. The Morgan fingerprint density at radius 1 is 1.17 bits per heavy atom. The van der Waals surface area contributed by atoms with Crippen LogP contribution in [-0.4, -0.2) is 48.9 Å². The SMILES string of the molecule is COC(=O)C[C@@H]1C[C@@H](CCNC(=O)C=Cc2ccc(C#N)cc2)N(CCCc2ccccc2)C1=O. The van der Waals surface area contributed by atoms with Gasteiger partial charge < -0.3 is 15.0 Å². The maximum absolute atomic E-state index is 13.0. The lowest BCUT2D eigenvalue weighted by molar-refractivity contribution is -0.144. The number of esters is 1. The van der Waals surface area contributed by atoms with Crippen LogP contribution in [0.1, 0.15) is 42.4 Å². The standard InChI is InChI=1S/C28H31N3O4/c1-35-27(33)19-24-18-25(31(28(24)34)17-5-8-21-6-3-2-4-7-21)15-16-30-26(32)14-13-22-9-11-23(20-29)12-10-22/h2-4,6-7,9-14,24-25H,5,8,15-19H2,1H3,(H,30,32)/t24-,25+/m0/s1. The summed E-state index contributed by atoms with van der Waals surface area (Å²) in [5, 5.41) is 11.7. The van der Waals surface area contributed by atoms with Crippen molar-refractivity contribution in [2.45, 2.75) is 38.1 Å². The van der Waals surface area contributed by atoms with E-state index in [1.807, 2.05) is 23.1 Å². The summed E-state index contributed by atoms with van der Waals surface area (Å²) in [6.45, 7) is 1.04. The normalized spacial score (nSPS) is 17.4. The molecule has 1 saturated heterocycles. The van der Waals surface area contributed by atoms with Crippen molar-refractivity contribution in [2.75, 3.05) is 20.2 Å². The van der Waals surface area contributed by atoms with Crippen LogP contribution < -0.4 is 5.32 Å². The van der Waals surface area contributed by atoms with Gasteiger partial charge in [-0.25, -0.2) is 0 Å². The minimum absolute atomic E-state index is 0.0134. The molecule has 7 heteroatoms. The Kier molecular flexibility index (Phi) is 9.61. The van der Waals surface area contributed by atoms with E-state index in [0.717, 1.165) is 18.4 Å². The molecule has 1 aliphatic heterocycles. The first-order chi connectivity index (χ1) is 17.0. The summed E-state index contributed by atoms with van der Waals surface area (Å²) in [6, 6.07) is 19.1. The molecule has 0 aromatic heterocycles. The van der Waals surface area contributed by atoms with Gasteiger partial charge in [0.15, 0.2) is 0 Å². The number of carbonyl (C=O) groups excluding carboxylic acids is 3. The van der Waals surface area contributed by atoms with Crippen LogP contribution in [0.25, 0.3) is 6.08 Å². The Hall–Kier alpha value is -3.92. The largest absolute Gasteiger partial charge is 0.469 e. The summed E-state index contributed by atoms with van der Waals surface area (Å²) in [6.07, 6.45) is 6.13. The molecule has 0 saturated carbocycles. The molecule has 1 heterocycles. The van der Waals surface area contributed by atoms with Crippen LogP contribution in [0.2, 0.25) is 0 Å². The van der Waals surface area contributed by atoms with Crippen LogP contribution in [0.5, 0.6) is 0 Å². The van der Waals surface area contributed by atoms with E-state index in [1.165, 1.54) is 18.7 Å². The molecule has 0 aliphatic carbocycles. The topological polar surface area (TPSA) is 99.5 Å². The van der Waals surface area contributed by atoms with E-state index in [9.17, 15) is 14.4 Å². The zero-order valence-electron chi connectivity index (χ0n) is 20.0. The average molecular weight is 474 g/mol. The van der Waals surface area contributed by atoms with Crippen molar-refractivity contribution < 1.29 is 19.1 Å². The number of carbonyl (C=O) groups is 3. The lowest BCUT2D eigenvalue weighted by Gasteiger charge is -2.25. The molecule has 182 valence electrons. The molecule has 3 rings (SSSR count). The molecule has 2 aromatic rings. The first-order valence-corrected chi connectivity index (χ1v) is 11.9. The zero-order chi connectivity index (χ0) is 25.0. The number of nitrogens with zero attached hydrogens (tertiary/aromatic N) is 2. The summed E-state index contributed by atoms with van der Waals surface area (Å²) in [5.41, 5.74) is 2.62. The molecule has 35 heavy (non-hydrogen) atoms. The lowest BCUT2D eigenvalue weighted by Crippen LogP contribution is -2.37. The highest BCUT2D eigenvalue weighted by molar-refractivity contribution is 5.91. The molecule has 2 aromatic carbocycles. The number of amides is 2. The minimum atomic E-state index is -0.380. The summed E-state index contributed by atoms with van der Waals surface area (Å²) in [4.78, 5) is 38.9. The lowest BCUT2D eigenvalue weighted by atomic mass is 10.00. The van der Waals surface area contributed by atoms with Gasteiger partial charge in [0.25, 0.3) is 0 Å². The number of likely N-dealkylation sites (tertiary alicyclic amines) is 1. The number of benzene rings is 2. The number of hydrogen-bond acceptors (Lipinski definition) is 5. The van der Waals surface area contributed by atoms with Gasteiger partial charge in [-0.15, -0.1) is 0 Å². The van der Waals surface area contributed by atoms with E-state index in [4.69, 9.17) is 10.00 Å². The fourth-order valence-electron chi connectivity index (χ4n) is 4.35. The van der Waals surface area contributed by atoms with Crippen molar-refractivity contribution in [3.8, 4) is 6.07 Å². The molecule has 0 unspecified atom stereocenters. The minimum Gasteiger partial charge on any atom is -0.469 e. The molecule has 7 nitrogen and oxygen atoms in total. The van der Waals surface area contributed by atoms with Crippen molar-refractivity contribution in [3.05, 3.63) is 77.4 Å². The number of ether oxygens (including phenoxy) is 1. The predicted molar refractivity (Wildman–Crippen MR) is 133 cm³/mol. The van der Waals surface area contributed by atoms with Gasteiger partial charge in [-0.3, -0.25) is 14.4 Å². The summed E-state index contributed by atoms with van der Waals surface area (Å²) in [5.74, 6) is -0.994. The van der Waals surface area contributed by atoms with Crippen molar-refractivity contribution in [3.63, 3.8) is 0 Å². The van der Waals surface area contributed by atoms with Gasteiger partial charge in [0, 0.05) is 25.2 Å². The monoisotopic (exact) mass is 473 g/mol. The third-order valence-corrected chi connectivity index (χ3v) is 6.22. The molecule has 1 N–H and O–H groups in total. The molecular weight excluding hydrogens is 442 g/mol. The summed E-state index contributed by atoms with van der Waals surface area (Å²) < 4.78 is 4.77. The highest BCUT2D eigenvalue weighted by atomic mass is 16.5. The molecule has 2 amide bonds. The summed E-state index contributed by atoms with van der Waals surface area (Å²) in [7, 11) is 1.33. The van der Waals surface area contributed by atoms with Crippen LogP contribution in [0.4, 0.5) is 0 Å². The zero-order valence-corrected chi connectivity index (χ0v) is 20.0. The number of aryl methyl sites for hydroxylation is 1. The highest BCUT2D eigenvalue weighted by Crippen LogP contribution is 2.29. The fraction of sp³-hybridized carbons (Fsp3) is 0.357. The molecule has 1 aliphatic rings. The van der Waals surface area contributed by atoms with Gasteiger partial charge in [0.1, 0.15) is 0 Å². The Labute approximate surface area is 206 Å². The second-order valence-electron chi connectivity index (χ2n) is 8.63. The molecule has 0 radical (unpaired) electrons. The molecule has 1 fully saturated rings. The molecule has 2 atom stereocenters. The van der Waals surface area contributed by atoms with E-state index >= 15 is 0 Å². The van der Waals surface area contributed by atoms with Gasteiger partial charge in [-0.2, -0.15) is 5.26 Å². The third-order valence-electron chi connectivity index (χ3n) is 6.22. The smallest absolute Gasteiger partial charge is 0.306 e. The quantitative estimate of drug-likeness (QED) is 0.398. The second kappa shape index (κ2) is 13.1. The highest BCUT2D eigenvalue weighted by Gasteiger charge is 2.39. The van der Waals surface area contributed by atoms with E-state index in [-0.39, 0.29) is 36.2 Å². The first-order valence-electron chi connectivity index (χ1n) is 11.9. The number of nitrogens with one attached hydrogen (secondary N) is 1. The molecule has 0 bridgehead atoms. The Morgan fingerprint density at radius 2 is 1.91 bits per heavy atom.